The van der Waals surface area contributed by atoms with E-state index in [4.69, 9.17) is 9.47 Å². The van der Waals surface area contributed by atoms with Crippen LogP contribution in [0, 0.1) is 0 Å². The van der Waals surface area contributed by atoms with Crippen LogP contribution in [-0.2, 0) is 16.1 Å². The van der Waals surface area contributed by atoms with Gasteiger partial charge < -0.3 is 14.8 Å². The van der Waals surface area contributed by atoms with Crippen LogP contribution in [0.2, 0.25) is 0 Å². The molecule has 140 valence electrons. The summed E-state index contributed by atoms with van der Waals surface area (Å²) in [6.45, 7) is 2.14. The number of hydrogen-bond donors (Lipinski definition) is 1. The molecule has 0 saturated carbocycles. The quantitative estimate of drug-likeness (QED) is 0.824. The van der Waals surface area contributed by atoms with Gasteiger partial charge in [-0.25, -0.2) is 9.59 Å². The van der Waals surface area contributed by atoms with Crippen molar-refractivity contribution in [1.82, 2.24) is 10.2 Å². The van der Waals surface area contributed by atoms with Crippen LogP contribution in [0.3, 0.4) is 0 Å². The van der Waals surface area contributed by atoms with Crippen molar-refractivity contribution >= 4 is 12.0 Å². The second kappa shape index (κ2) is 7.95. The highest BCUT2D eigenvalue weighted by Crippen LogP contribution is 2.32. The van der Waals surface area contributed by atoms with Gasteiger partial charge in [0, 0.05) is 5.70 Å². The Labute approximate surface area is 158 Å². The number of amides is 2. The van der Waals surface area contributed by atoms with Gasteiger partial charge in [-0.15, -0.1) is 0 Å². The van der Waals surface area contributed by atoms with Crippen molar-refractivity contribution in [3.8, 4) is 5.75 Å². The Hall–Kier alpha value is -3.28. The van der Waals surface area contributed by atoms with Crippen LogP contribution in [0.4, 0.5) is 4.79 Å². The zero-order valence-electron chi connectivity index (χ0n) is 15.6. The second-order valence-corrected chi connectivity index (χ2v) is 6.22. The van der Waals surface area contributed by atoms with E-state index in [9.17, 15) is 9.59 Å². The van der Waals surface area contributed by atoms with Gasteiger partial charge in [0.1, 0.15) is 5.75 Å². The van der Waals surface area contributed by atoms with Gasteiger partial charge in [0.2, 0.25) is 0 Å². The minimum Gasteiger partial charge on any atom is -0.497 e. The van der Waals surface area contributed by atoms with E-state index < -0.39 is 12.0 Å². The van der Waals surface area contributed by atoms with Crippen molar-refractivity contribution in [3.63, 3.8) is 0 Å². The molecule has 1 N–H and O–H groups in total. The lowest BCUT2D eigenvalue weighted by Crippen LogP contribution is -2.47. The maximum Gasteiger partial charge on any atom is 0.337 e. The monoisotopic (exact) mass is 366 g/mol. The molecule has 2 amide bonds. The highest BCUT2D eigenvalue weighted by Gasteiger charge is 2.36. The zero-order valence-corrected chi connectivity index (χ0v) is 15.6. The summed E-state index contributed by atoms with van der Waals surface area (Å²) in [4.78, 5) is 26.8. The standard InChI is InChI=1S/C21H22N2O4/c1-14-18(20(24)27-3)19(16-9-11-17(26-2)12-10-16)22-21(25)23(14)13-15-7-5-4-6-8-15/h4-12,19H,13H2,1-3H3,(H,22,25). The summed E-state index contributed by atoms with van der Waals surface area (Å²) >= 11 is 0. The van der Waals surface area contributed by atoms with E-state index in [1.807, 2.05) is 42.5 Å². The minimum atomic E-state index is -0.581. The number of rotatable bonds is 5. The number of urea groups is 1. The molecule has 2 aromatic carbocycles. The number of hydrogen-bond acceptors (Lipinski definition) is 4. The number of ether oxygens (including phenoxy) is 2. The molecule has 0 fully saturated rings. The lowest BCUT2D eigenvalue weighted by molar-refractivity contribution is -0.136. The van der Waals surface area contributed by atoms with E-state index in [0.717, 1.165) is 11.1 Å². The molecule has 0 aromatic heterocycles. The predicted molar refractivity (Wildman–Crippen MR) is 101 cm³/mol. The Balaban J connectivity index is 2.00. The van der Waals surface area contributed by atoms with Crippen molar-refractivity contribution in [2.75, 3.05) is 14.2 Å². The van der Waals surface area contributed by atoms with E-state index in [1.165, 1.54) is 7.11 Å². The molecule has 0 aliphatic carbocycles. The second-order valence-electron chi connectivity index (χ2n) is 6.22. The number of nitrogens with zero attached hydrogens (tertiary/aromatic N) is 1. The van der Waals surface area contributed by atoms with Gasteiger partial charge >= 0.3 is 12.0 Å². The van der Waals surface area contributed by atoms with Gasteiger partial charge in [-0.3, -0.25) is 4.90 Å². The Morgan fingerprint density at radius 2 is 1.74 bits per heavy atom. The predicted octanol–water partition coefficient (Wildman–Crippen LogP) is 3.41. The molecule has 0 spiro atoms. The average Bonchev–Trinajstić information content (AvgIpc) is 2.71. The third-order valence-corrected chi connectivity index (χ3v) is 4.63. The molecule has 2 aromatic rings. The summed E-state index contributed by atoms with van der Waals surface area (Å²) in [7, 11) is 2.93. The number of methoxy groups -OCH3 is 2. The smallest absolute Gasteiger partial charge is 0.337 e. The normalized spacial score (nSPS) is 16.8. The van der Waals surface area contributed by atoms with Gasteiger partial charge in [-0.2, -0.15) is 0 Å². The topological polar surface area (TPSA) is 67.9 Å². The van der Waals surface area contributed by atoms with E-state index in [2.05, 4.69) is 5.32 Å². The van der Waals surface area contributed by atoms with Crippen molar-refractivity contribution in [1.29, 1.82) is 0 Å². The molecule has 1 aliphatic rings. The Morgan fingerprint density at radius 3 is 2.33 bits per heavy atom. The molecule has 3 rings (SSSR count). The molecule has 6 nitrogen and oxygen atoms in total. The van der Waals surface area contributed by atoms with Crippen LogP contribution < -0.4 is 10.1 Å². The van der Waals surface area contributed by atoms with Crippen molar-refractivity contribution in [3.05, 3.63) is 77.0 Å². The van der Waals surface area contributed by atoms with Crippen LogP contribution >= 0.6 is 0 Å². The van der Waals surface area contributed by atoms with Crippen LogP contribution in [-0.4, -0.2) is 31.1 Å². The number of carbonyl (C=O) groups is 2. The number of allylic oxidation sites excluding steroid dienone is 1. The summed E-state index contributed by atoms with van der Waals surface area (Å²) in [5.74, 6) is 0.235. The number of carbonyl (C=O) groups excluding carboxylic acids is 2. The first-order chi connectivity index (χ1) is 13.0. The molecule has 0 saturated heterocycles. The summed E-state index contributed by atoms with van der Waals surface area (Å²) in [5, 5.41) is 2.92. The van der Waals surface area contributed by atoms with Crippen LogP contribution in [0.1, 0.15) is 24.1 Å². The highest BCUT2D eigenvalue weighted by atomic mass is 16.5. The highest BCUT2D eigenvalue weighted by molar-refractivity contribution is 5.95. The fraction of sp³-hybridized carbons (Fsp3) is 0.238. The zero-order chi connectivity index (χ0) is 19.4. The molecule has 6 heteroatoms. The molecular weight excluding hydrogens is 344 g/mol. The SMILES string of the molecule is COC(=O)C1=C(C)N(Cc2ccccc2)C(=O)NC1c1ccc(OC)cc1. The molecule has 27 heavy (non-hydrogen) atoms. The van der Waals surface area contributed by atoms with Gasteiger partial charge in [0.05, 0.1) is 32.4 Å². The summed E-state index contributed by atoms with van der Waals surface area (Å²) in [6.07, 6.45) is 0. The maximum atomic E-state index is 12.8. The fourth-order valence-corrected chi connectivity index (χ4v) is 3.16. The first-order valence-corrected chi connectivity index (χ1v) is 8.60. The Kier molecular flexibility index (Phi) is 5.45. The molecular formula is C21H22N2O4. The van der Waals surface area contributed by atoms with Crippen LogP contribution in [0.25, 0.3) is 0 Å². The minimum absolute atomic E-state index is 0.259. The molecule has 1 unspecified atom stereocenters. The summed E-state index contributed by atoms with van der Waals surface area (Å²) in [5.41, 5.74) is 2.75. The van der Waals surface area contributed by atoms with E-state index in [-0.39, 0.29) is 6.03 Å². The third kappa shape index (κ3) is 3.79. The molecule has 0 radical (unpaired) electrons. The summed E-state index contributed by atoms with van der Waals surface area (Å²) in [6, 6.07) is 16.0. The van der Waals surface area contributed by atoms with Crippen molar-refractivity contribution < 1.29 is 19.1 Å². The van der Waals surface area contributed by atoms with Gasteiger partial charge in [0.25, 0.3) is 0 Å². The van der Waals surface area contributed by atoms with Gasteiger partial charge in [-0.1, -0.05) is 42.5 Å². The van der Waals surface area contributed by atoms with Crippen molar-refractivity contribution in [2.45, 2.75) is 19.5 Å². The van der Waals surface area contributed by atoms with E-state index in [1.54, 1.807) is 31.1 Å². The lowest BCUT2D eigenvalue weighted by atomic mass is 9.94. The average molecular weight is 366 g/mol. The number of nitrogens with one attached hydrogen (secondary N) is 1. The van der Waals surface area contributed by atoms with E-state index in [0.29, 0.717) is 23.6 Å². The van der Waals surface area contributed by atoms with Gasteiger partial charge in [0.15, 0.2) is 0 Å². The number of benzene rings is 2. The molecule has 1 heterocycles. The fourth-order valence-electron chi connectivity index (χ4n) is 3.16. The molecule has 1 aliphatic heterocycles. The van der Waals surface area contributed by atoms with Crippen LogP contribution in [0.5, 0.6) is 5.75 Å². The first-order valence-electron chi connectivity index (χ1n) is 8.60. The van der Waals surface area contributed by atoms with Gasteiger partial charge in [-0.05, 0) is 30.2 Å². The Bertz CT molecular complexity index is 860. The van der Waals surface area contributed by atoms with E-state index >= 15 is 0 Å². The maximum absolute atomic E-state index is 12.8. The molecule has 0 bridgehead atoms. The molecule has 1 atom stereocenters. The summed E-state index contributed by atoms with van der Waals surface area (Å²) < 4.78 is 10.2. The van der Waals surface area contributed by atoms with Crippen molar-refractivity contribution in [2.24, 2.45) is 0 Å². The first kappa shape index (κ1) is 18.5. The Morgan fingerprint density at radius 1 is 1.07 bits per heavy atom. The van der Waals surface area contributed by atoms with Crippen LogP contribution in [0.15, 0.2) is 65.9 Å². The largest absolute Gasteiger partial charge is 0.497 e. The third-order valence-electron chi connectivity index (χ3n) is 4.63. The lowest BCUT2D eigenvalue weighted by Gasteiger charge is -2.35. The number of esters is 1.